The second kappa shape index (κ2) is 5.75. The Morgan fingerprint density at radius 1 is 1.26 bits per heavy atom. The van der Waals surface area contributed by atoms with Crippen molar-refractivity contribution in [3.8, 4) is 5.69 Å². The number of rotatable bonds is 4. The summed E-state index contributed by atoms with van der Waals surface area (Å²) >= 11 is 1.59. The topological polar surface area (TPSA) is 44.0 Å². The minimum atomic E-state index is -0.553. The van der Waals surface area contributed by atoms with E-state index in [0.29, 0.717) is 12.2 Å². The van der Waals surface area contributed by atoms with E-state index in [1.54, 1.807) is 36.3 Å². The Morgan fingerprint density at radius 2 is 2.05 bits per heavy atom. The number of benzene rings is 1. The second-order valence-electron chi connectivity index (χ2n) is 3.92. The SMILES string of the molecule is C=CCn1ccn(-c2cccc(SC)c2)c(=O)c1=O. The van der Waals surface area contributed by atoms with Crippen molar-refractivity contribution in [2.45, 2.75) is 11.4 Å². The summed E-state index contributed by atoms with van der Waals surface area (Å²) in [5, 5.41) is 0. The number of hydrogen-bond donors (Lipinski definition) is 0. The van der Waals surface area contributed by atoms with Crippen LogP contribution in [0.25, 0.3) is 5.69 Å². The van der Waals surface area contributed by atoms with Gasteiger partial charge in [0.15, 0.2) is 0 Å². The molecule has 0 aliphatic carbocycles. The third-order valence-electron chi connectivity index (χ3n) is 2.72. The average molecular weight is 274 g/mol. The number of nitrogens with zero attached hydrogens (tertiary/aromatic N) is 2. The molecule has 19 heavy (non-hydrogen) atoms. The normalized spacial score (nSPS) is 10.4. The van der Waals surface area contributed by atoms with Crippen LogP contribution in [0.5, 0.6) is 0 Å². The van der Waals surface area contributed by atoms with Crippen LogP contribution in [0.1, 0.15) is 0 Å². The largest absolute Gasteiger partial charge is 0.320 e. The van der Waals surface area contributed by atoms with Crippen molar-refractivity contribution in [1.82, 2.24) is 9.13 Å². The molecule has 0 spiro atoms. The Balaban J connectivity index is 2.57. The first-order valence-corrected chi connectivity index (χ1v) is 6.97. The van der Waals surface area contributed by atoms with Crippen molar-refractivity contribution in [3.63, 3.8) is 0 Å². The van der Waals surface area contributed by atoms with Gasteiger partial charge < -0.3 is 4.57 Å². The lowest BCUT2D eigenvalue weighted by Gasteiger charge is -2.08. The van der Waals surface area contributed by atoms with Crippen molar-refractivity contribution in [3.05, 3.63) is 70.0 Å². The zero-order chi connectivity index (χ0) is 13.8. The quantitative estimate of drug-likeness (QED) is 0.486. The number of aromatic nitrogens is 2. The highest BCUT2D eigenvalue weighted by molar-refractivity contribution is 7.98. The third-order valence-corrected chi connectivity index (χ3v) is 3.44. The molecule has 2 aromatic rings. The molecule has 0 amide bonds. The van der Waals surface area contributed by atoms with Gasteiger partial charge in [0.2, 0.25) is 0 Å². The van der Waals surface area contributed by atoms with Crippen molar-refractivity contribution in [2.75, 3.05) is 6.26 Å². The highest BCUT2D eigenvalue weighted by Gasteiger charge is 2.06. The molecule has 1 aromatic carbocycles. The molecule has 1 heterocycles. The van der Waals surface area contributed by atoms with Crippen LogP contribution < -0.4 is 11.1 Å². The van der Waals surface area contributed by atoms with E-state index in [9.17, 15) is 9.59 Å². The van der Waals surface area contributed by atoms with E-state index < -0.39 is 11.1 Å². The van der Waals surface area contributed by atoms with E-state index in [2.05, 4.69) is 6.58 Å². The molecule has 1 aromatic heterocycles. The lowest BCUT2D eigenvalue weighted by atomic mass is 10.3. The minimum absolute atomic E-state index is 0.333. The third kappa shape index (κ3) is 2.71. The first-order chi connectivity index (χ1) is 9.17. The van der Waals surface area contributed by atoms with Crippen LogP contribution in [0.15, 0.2) is 63.8 Å². The van der Waals surface area contributed by atoms with Gasteiger partial charge in [-0.15, -0.1) is 18.3 Å². The fourth-order valence-electron chi connectivity index (χ4n) is 1.75. The van der Waals surface area contributed by atoms with Gasteiger partial charge >= 0.3 is 11.1 Å². The van der Waals surface area contributed by atoms with Gasteiger partial charge in [-0.3, -0.25) is 14.2 Å². The second-order valence-corrected chi connectivity index (χ2v) is 4.80. The van der Waals surface area contributed by atoms with Crippen molar-refractivity contribution >= 4 is 11.8 Å². The summed E-state index contributed by atoms with van der Waals surface area (Å²) in [5.41, 5.74) is -0.403. The van der Waals surface area contributed by atoms with Gasteiger partial charge in [-0.25, -0.2) is 0 Å². The molecule has 0 aliphatic rings. The lowest BCUT2D eigenvalue weighted by Crippen LogP contribution is -2.39. The van der Waals surface area contributed by atoms with Crippen LogP contribution in [0.4, 0.5) is 0 Å². The molecular formula is C14H14N2O2S. The van der Waals surface area contributed by atoms with E-state index >= 15 is 0 Å². The summed E-state index contributed by atoms with van der Waals surface area (Å²) in [4.78, 5) is 25.0. The van der Waals surface area contributed by atoms with Gasteiger partial charge in [-0.1, -0.05) is 12.1 Å². The molecule has 0 unspecified atom stereocenters. The van der Waals surface area contributed by atoms with Crippen LogP contribution in [-0.4, -0.2) is 15.4 Å². The van der Waals surface area contributed by atoms with Gasteiger partial charge in [0.1, 0.15) is 0 Å². The Labute approximate surface area is 115 Å². The number of thioether (sulfide) groups is 1. The van der Waals surface area contributed by atoms with Gasteiger partial charge in [-0.05, 0) is 24.5 Å². The van der Waals surface area contributed by atoms with E-state index in [4.69, 9.17) is 0 Å². The molecule has 4 nitrogen and oxygen atoms in total. The van der Waals surface area contributed by atoms with E-state index in [1.165, 1.54) is 9.13 Å². The van der Waals surface area contributed by atoms with Crippen molar-refractivity contribution in [1.29, 1.82) is 0 Å². The molecule has 0 atom stereocenters. The van der Waals surface area contributed by atoms with Gasteiger partial charge in [-0.2, -0.15) is 0 Å². The fraction of sp³-hybridized carbons (Fsp3) is 0.143. The summed E-state index contributed by atoms with van der Waals surface area (Å²) in [5.74, 6) is 0. The molecule has 0 saturated carbocycles. The monoisotopic (exact) mass is 274 g/mol. The van der Waals surface area contributed by atoms with Crippen LogP contribution >= 0.6 is 11.8 Å². The Kier molecular flexibility index (Phi) is 4.06. The first-order valence-electron chi connectivity index (χ1n) is 5.75. The molecule has 0 aliphatic heterocycles. The van der Waals surface area contributed by atoms with Gasteiger partial charge in [0.25, 0.3) is 0 Å². The number of hydrogen-bond acceptors (Lipinski definition) is 3. The Hall–Kier alpha value is -2.01. The zero-order valence-electron chi connectivity index (χ0n) is 10.6. The average Bonchev–Trinajstić information content (AvgIpc) is 2.44. The summed E-state index contributed by atoms with van der Waals surface area (Å²) in [6.07, 6.45) is 6.74. The molecule has 0 N–H and O–H groups in total. The molecule has 0 fully saturated rings. The predicted octanol–water partition coefficient (Wildman–Crippen LogP) is 1.91. The molecule has 5 heteroatoms. The Morgan fingerprint density at radius 3 is 2.74 bits per heavy atom. The predicted molar refractivity (Wildman–Crippen MR) is 78.3 cm³/mol. The summed E-state index contributed by atoms with van der Waals surface area (Å²) < 4.78 is 2.70. The van der Waals surface area contributed by atoms with E-state index in [-0.39, 0.29) is 0 Å². The summed E-state index contributed by atoms with van der Waals surface area (Å²) in [7, 11) is 0. The standard InChI is InChI=1S/C14H14N2O2S/c1-3-7-15-8-9-16(14(18)13(15)17)11-5-4-6-12(10-11)19-2/h3-6,8-10H,1,7H2,2H3. The highest BCUT2D eigenvalue weighted by Crippen LogP contribution is 2.17. The lowest BCUT2D eigenvalue weighted by molar-refractivity contribution is 0.733. The van der Waals surface area contributed by atoms with Crippen LogP contribution in [0.2, 0.25) is 0 Å². The zero-order valence-corrected chi connectivity index (χ0v) is 11.4. The molecule has 98 valence electrons. The van der Waals surface area contributed by atoms with Crippen LogP contribution in [0.3, 0.4) is 0 Å². The molecule has 2 rings (SSSR count). The molecular weight excluding hydrogens is 260 g/mol. The van der Waals surface area contributed by atoms with Crippen LogP contribution in [0, 0.1) is 0 Å². The summed E-state index contributed by atoms with van der Waals surface area (Å²) in [6, 6.07) is 7.50. The maximum Gasteiger partial charge on any atom is 0.320 e. The van der Waals surface area contributed by atoms with Crippen molar-refractivity contribution in [2.24, 2.45) is 0 Å². The number of allylic oxidation sites excluding steroid dienone is 1. The molecule has 0 radical (unpaired) electrons. The first kappa shape index (κ1) is 13.4. The smallest absolute Gasteiger partial charge is 0.306 e. The van der Waals surface area contributed by atoms with Crippen molar-refractivity contribution < 1.29 is 0 Å². The highest BCUT2D eigenvalue weighted by atomic mass is 32.2. The van der Waals surface area contributed by atoms with Gasteiger partial charge in [0, 0.05) is 29.5 Å². The maximum absolute atomic E-state index is 12.1. The van der Waals surface area contributed by atoms with Gasteiger partial charge in [0.05, 0.1) is 0 Å². The van der Waals surface area contributed by atoms with E-state index in [1.807, 2.05) is 24.5 Å². The molecule has 0 bridgehead atoms. The molecule has 0 saturated heterocycles. The summed E-state index contributed by atoms with van der Waals surface area (Å²) in [6.45, 7) is 3.89. The fourth-order valence-corrected chi connectivity index (χ4v) is 2.21. The minimum Gasteiger partial charge on any atom is -0.306 e. The van der Waals surface area contributed by atoms with Crippen LogP contribution in [-0.2, 0) is 6.54 Å². The maximum atomic E-state index is 12.1. The van der Waals surface area contributed by atoms with E-state index in [0.717, 1.165) is 4.90 Å². The Bertz CT molecular complexity index is 716.